The van der Waals surface area contributed by atoms with E-state index in [2.05, 4.69) is 4.74 Å². The number of halogens is 1. The number of ketones is 2. The number of aliphatic hydroxyl groups excluding tert-OH is 1. The smallest absolute Gasteiger partial charge is 0.330 e. The zero-order valence-electron chi connectivity index (χ0n) is 15.6. The number of hydrogen-bond acceptors (Lipinski definition) is 9. The van der Waals surface area contributed by atoms with E-state index in [1.54, 1.807) is 0 Å². The number of hydrogen-bond donors (Lipinski definition) is 3. The number of esters is 1. The molecule has 0 aromatic carbocycles. The van der Waals surface area contributed by atoms with Crippen LogP contribution in [0.4, 0.5) is 4.39 Å². The number of rotatable bonds is 6. The summed E-state index contributed by atoms with van der Waals surface area (Å²) in [6.07, 6.45) is -5.88. The molecule has 1 unspecified atom stereocenters. The van der Waals surface area contributed by atoms with Gasteiger partial charge in [-0.1, -0.05) is 0 Å². The molecule has 2 rings (SSSR count). The topological polar surface area (TPSA) is 165 Å². The van der Waals surface area contributed by atoms with Crippen molar-refractivity contribution < 1.29 is 38.5 Å². The maximum absolute atomic E-state index is 15.1. The first-order valence-electron chi connectivity index (χ1n) is 8.28. The number of aromatic amines is 1. The van der Waals surface area contributed by atoms with Gasteiger partial charge in [0.1, 0.15) is 12.2 Å². The van der Waals surface area contributed by atoms with Crippen LogP contribution in [0.15, 0.2) is 21.9 Å². The van der Waals surface area contributed by atoms with Gasteiger partial charge in [0, 0.05) is 12.3 Å². The van der Waals surface area contributed by atoms with Crippen LogP contribution in [0.25, 0.3) is 6.08 Å². The van der Waals surface area contributed by atoms with Crippen LogP contribution >= 0.6 is 0 Å². The normalized spacial score (nSPS) is 27.7. The zero-order valence-corrected chi connectivity index (χ0v) is 15.6. The molecule has 158 valence electrons. The van der Waals surface area contributed by atoms with Gasteiger partial charge < -0.3 is 19.7 Å². The molecule has 1 fully saturated rings. The van der Waals surface area contributed by atoms with Crippen LogP contribution in [0.1, 0.15) is 25.6 Å². The molecule has 12 heteroatoms. The van der Waals surface area contributed by atoms with E-state index >= 15 is 4.39 Å². The number of carbonyl (C=O) groups excluding carboxylic acids is 3. The van der Waals surface area contributed by atoms with Crippen molar-refractivity contribution in [3.63, 3.8) is 0 Å². The first-order valence-corrected chi connectivity index (χ1v) is 8.28. The second-order valence-electron chi connectivity index (χ2n) is 6.39. The molecule has 1 aromatic heterocycles. The maximum Gasteiger partial charge on any atom is 0.330 e. The number of nitrogens with zero attached hydrogens (tertiary/aromatic N) is 1. The van der Waals surface area contributed by atoms with E-state index in [1.807, 2.05) is 4.98 Å². The molecule has 1 aromatic rings. The third kappa shape index (κ3) is 3.95. The number of methoxy groups -OCH3 is 1. The minimum absolute atomic E-state index is 0.271. The Kier molecular flexibility index (Phi) is 6.30. The first-order chi connectivity index (χ1) is 13.4. The Morgan fingerprint density at radius 2 is 2.00 bits per heavy atom. The highest BCUT2D eigenvalue weighted by molar-refractivity contribution is 5.89. The summed E-state index contributed by atoms with van der Waals surface area (Å²) < 4.78 is 25.2. The minimum Gasteiger partial charge on any atom is -0.466 e. The van der Waals surface area contributed by atoms with Crippen molar-refractivity contribution in [2.45, 2.75) is 44.1 Å². The Labute approximate surface area is 162 Å². The van der Waals surface area contributed by atoms with E-state index in [0.717, 1.165) is 39.3 Å². The van der Waals surface area contributed by atoms with E-state index in [4.69, 9.17) is 4.74 Å². The fraction of sp³-hybridized carbons (Fsp3) is 0.471. The van der Waals surface area contributed by atoms with Crippen LogP contribution in [0, 0.1) is 0 Å². The molecule has 3 N–H and O–H groups in total. The van der Waals surface area contributed by atoms with Gasteiger partial charge in [0.05, 0.1) is 12.7 Å². The predicted molar refractivity (Wildman–Crippen MR) is 93.5 cm³/mol. The van der Waals surface area contributed by atoms with Crippen molar-refractivity contribution in [3.05, 3.63) is 38.7 Å². The molecule has 0 amide bonds. The van der Waals surface area contributed by atoms with Gasteiger partial charge in [0.2, 0.25) is 0 Å². The second kappa shape index (κ2) is 8.19. The van der Waals surface area contributed by atoms with Gasteiger partial charge in [-0.2, -0.15) is 0 Å². The Morgan fingerprint density at radius 3 is 2.52 bits per heavy atom. The number of carbonyl (C=O) groups is 3. The molecule has 1 saturated heterocycles. The minimum atomic E-state index is -2.92. The molecule has 0 aliphatic carbocycles. The SMILES string of the molecule is COC(=O)C=Cc1cn([C@@H]2O[C@H](C(O)C(C)=O)[C@](O)(C(C)=O)[C@H]2F)c(=O)[nH]c1=O. The van der Waals surface area contributed by atoms with E-state index in [1.165, 1.54) is 0 Å². The largest absolute Gasteiger partial charge is 0.466 e. The summed E-state index contributed by atoms with van der Waals surface area (Å²) in [6.45, 7) is 1.77. The average Bonchev–Trinajstić information content (AvgIpc) is 2.92. The molecular formula is C17H19FN2O9. The van der Waals surface area contributed by atoms with E-state index < -0.39 is 59.0 Å². The Balaban J connectivity index is 2.56. The van der Waals surface area contributed by atoms with Crippen LogP contribution in [-0.2, 0) is 23.9 Å². The average molecular weight is 414 g/mol. The molecular weight excluding hydrogens is 395 g/mol. The first kappa shape index (κ1) is 22.3. The maximum atomic E-state index is 15.1. The van der Waals surface area contributed by atoms with Crippen molar-refractivity contribution in [2.75, 3.05) is 7.11 Å². The van der Waals surface area contributed by atoms with Crippen molar-refractivity contribution in [1.29, 1.82) is 0 Å². The Bertz CT molecular complexity index is 982. The van der Waals surface area contributed by atoms with E-state index in [-0.39, 0.29) is 5.56 Å². The number of aliphatic hydroxyl groups is 2. The summed E-state index contributed by atoms with van der Waals surface area (Å²) in [4.78, 5) is 60.5. The van der Waals surface area contributed by atoms with Crippen LogP contribution in [-0.4, -0.2) is 68.4 Å². The number of ether oxygens (including phenoxy) is 2. The third-order valence-electron chi connectivity index (χ3n) is 4.53. The molecule has 0 bridgehead atoms. The summed E-state index contributed by atoms with van der Waals surface area (Å²) in [7, 11) is 1.10. The molecule has 0 spiro atoms. The molecule has 29 heavy (non-hydrogen) atoms. The highest BCUT2D eigenvalue weighted by Crippen LogP contribution is 2.41. The van der Waals surface area contributed by atoms with Crippen LogP contribution in [0.2, 0.25) is 0 Å². The van der Waals surface area contributed by atoms with Crippen LogP contribution < -0.4 is 11.2 Å². The van der Waals surface area contributed by atoms with E-state index in [0.29, 0.717) is 4.57 Å². The Morgan fingerprint density at radius 1 is 1.38 bits per heavy atom. The highest BCUT2D eigenvalue weighted by atomic mass is 19.1. The van der Waals surface area contributed by atoms with Crippen LogP contribution in [0.3, 0.4) is 0 Å². The van der Waals surface area contributed by atoms with Crippen molar-refractivity contribution >= 4 is 23.6 Å². The van der Waals surface area contributed by atoms with Crippen molar-refractivity contribution in [1.82, 2.24) is 9.55 Å². The lowest BCUT2D eigenvalue weighted by Gasteiger charge is -2.28. The molecule has 0 saturated carbocycles. The monoisotopic (exact) mass is 414 g/mol. The number of alkyl halides is 1. The number of nitrogens with one attached hydrogen (secondary N) is 1. The van der Waals surface area contributed by atoms with Gasteiger partial charge in [-0.3, -0.25) is 23.9 Å². The zero-order chi connectivity index (χ0) is 22.1. The molecule has 1 aliphatic heterocycles. The van der Waals surface area contributed by atoms with E-state index in [9.17, 15) is 34.2 Å². The summed E-state index contributed by atoms with van der Waals surface area (Å²) in [5.41, 5.74) is -5.26. The quantitative estimate of drug-likeness (QED) is 0.361. The van der Waals surface area contributed by atoms with Gasteiger partial charge >= 0.3 is 11.7 Å². The van der Waals surface area contributed by atoms with Gasteiger partial charge in [0.25, 0.3) is 5.56 Å². The fourth-order valence-electron chi connectivity index (χ4n) is 2.86. The number of Topliss-reactive ketones (excluding diaryl/α,β-unsaturated/α-hetero) is 2. The third-order valence-corrected chi connectivity index (χ3v) is 4.53. The van der Waals surface area contributed by atoms with Crippen LogP contribution in [0.5, 0.6) is 0 Å². The van der Waals surface area contributed by atoms with Gasteiger partial charge in [-0.15, -0.1) is 0 Å². The summed E-state index contributed by atoms with van der Waals surface area (Å²) in [5.74, 6) is -2.85. The fourth-order valence-corrected chi connectivity index (χ4v) is 2.86. The number of H-pyrrole nitrogens is 1. The molecule has 11 nitrogen and oxygen atoms in total. The summed E-state index contributed by atoms with van der Waals surface area (Å²) in [6, 6.07) is 0. The second-order valence-corrected chi connectivity index (χ2v) is 6.39. The Hall–Kier alpha value is -2.96. The standard InChI is InChI=1S/C17H19FN2O9/c1-7(21)11(24)13-17(27,8(2)22)12(18)15(29-13)20-6-9(4-5-10(23)28-3)14(25)19-16(20)26/h4-6,11-13,15,24,27H,1-3H3,(H,19,25,26)/t11?,12-,13+,15+,17-/m0/s1. The van der Waals surface area contributed by atoms with Gasteiger partial charge in [0.15, 0.2) is 29.6 Å². The van der Waals surface area contributed by atoms with Gasteiger partial charge in [-0.25, -0.2) is 14.0 Å². The number of aromatic nitrogens is 2. The summed E-state index contributed by atoms with van der Waals surface area (Å²) in [5, 5.41) is 20.5. The highest BCUT2D eigenvalue weighted by Gasteiger charge is 2.63. The lowest BCUT2D eigenvalue weighted by atomic mass is 9.85. The molecule has 0 radical (unpaired) electrons. The molecule has 5 atom stereocenters. The molecule has 1 aliphatic rings. The molecule has 2 heterocycles. The lowest BCUT2D eigenvalue weighted by molar-refractivity contribution is -0.160. The van der Waals surface area contributed by atoms with Crippen molar-refractivity contribution in [2.24, 2.45) is 0 Å². The summed E-state index contributed by atoms with van der Waals surface area (Å²) >= 11 is 0. The van der Waals surface area contributed by atoms with Crippen molar-refractivity contribution in [3.8, 4) is 0 Å². The van der Waals surface area contributed by atoms with Gasteiger partial charge in [-0.05, 0) is 19.9 Å². The predicted octanol–water partition coefficient (Wildman–Crippen LogP) is -1.77. The lowest BCUT2D eigenvalue weighted by Crippen LogP contribution is -2.57.